The number of carbonyl (C=O) groups excluding carboxylic acids is 2. The number of hydrogen-bond acceptors (Lipinski definition) is 5. The Labute approximate surface area is 372 Å². The van der Waals surface area contributed by atoms with E-state index in [1.165, 1.54) is 161 Å². The van der Waals surface area contributed by atoms with Crippen LogP contribution in [0.5, 0.6) is 0 Å². The largest absolute Gasteiger partial charge is 0.462 e. The second-order valence-electron chi connectivity index (χ2n) is 17.2. The number of carbonyl (C=O) groups is 2. The number of ether oxygens (including phenoxy) is 2. The lowest BCUT2D eigenvalue weighted by atomic mass is 10.0. The monoisotopic (exact) mass is 839 g/mol. The lowest BCUT2D eigenvalue weighted by molar-refractivity contribution is -0.161. The molecule has 0 aliphatic rings. The minimum absolute atomic E-state index is 0.0693. The van der Waals surface area contributed by atoms with E-state index in [1.807, 2.05) is 0 Å². The zero-order chi connectivity index (χ0) is 43.5. The summed E-state index contributed by atoms with van der Waals surface area (Å²) >= 11 is 0. The molecule has 0 saturated heterocycles. The van der Waals surface area contributed by atoms with Crippen molar-refractivity contribution in [3.05, 3.63) is 60.8 Å². The highest BCUT2D eigenvalue weighted by Gasteiger charge is 2.16. The summed E-state index contributed by atoms with van der Waals surface area (Å²) in [4.78, 5) is 24.5. The molecule has 1 N–H and O–H groups in total. The summed E-state index contributed by atoms with van der Waals surface area (Å²) < 4.78 is 10.7. The second kappa shape index (κ2) is 51.0. The molecule has 348 valence electrons. The van der Waals surface area contributed by atoms with Gasteiger partial charge < -0.3 is 14.6 Å². The first-order valence-electron chi connectivity index (χ1n) is 25.8. The molecule has 0 rings (SSSR count). The highest BCUT2D eigenvalue weighted by atomic mass is 16.6. The molecule has 0 heterocycles. The van der Waals surface area contributed by atoms with E-state index in [0.717, 1.165) is 70.6 Å². The number of unbranched alkanes of at least 4 members (excludes halogenated alkanes) is 29. The zero-order valence-electron chi connectivity index (χ0n) is 39.7. The van der Waals surface area contributed by atoms with Gasteiger partial charge in [0.1, 0.15) is 6.61 Å². The van der Waals surface area contributed by atoms with Crippen LogP contribution in [0.1, 0.15) is 258 Å². The van der Waals surface area contributed by atoms with Crippen LogP contribution in [-0.2, 0) is 19.1 Å². The van der Waals surface area contributed by atoms with E-state index in [1.54, 1.807) is 0 Å². The van der Waals surface area contributed by atoms with Gasteiger partial charge in [0, 0.05) is 12.8 Å². The van der Waals surface area contributed by atoms with Crippen molar-refractivity contribution in [1.82, 2.24) is 0 Å². The molecule has 0 radical (unpaired) electrons. The first kappa shape index (κ1) is 57.6. The van der Waals surface area contributed by atoms with Crippen LogP contribution in [0.3, 0.4) is 0 Å². The van der Waals surface area contributed by atoms with Gasteiger partial charge in [-0.05, 0) is 77.0 Å². The van der Waals surface area contributed by atoms with Gasteiger partial charge in [0.05, 0.1) is 6.61 Å². The first-order chi connectivity index (χ1) is 29.6. The highest BCUT2D eigenvalue weighted by molar-refractivity contribution is 5.70. The van der Waals surface area contributed by atoms with Crippen LogP contribution >= 0.6 is 0 Å². The van der Waals surface area contributed by atoms with Crippen LogP contribution in [0.25, 0.3) is 0 Å². The third-order valence-electron chi connectivity index (χ3n) is 11.3. The maximum Gasteiger partial charge on any atom is 0.306 e. The Morgan fingerprint density at radius 2 is 0.717 bits per heavy atom. The second-order valence-corrected chi connectivity index (χ2v) is 17.2. The highest BCUT2D eigenvalue weighted by Crippen LogP contribution is 2.16. The molecular weight excluding hydrogens is 741 g/mol. The van der Waals surface area contributed by atoms with E-state index in [9.17, 15) is 14.7 Å². The molecule has 0 aromatic carbocycles. The Morgan fingerprint density at radius 1 is 0.400 bits per heavy atom. The number of hydrogen-bond donors (Lipinski definition) is 1. The fourth-order valence-corrected chi connectivity index (χ4v) is 7.42. The van der Waals surface area contributed by atoms with Crippen molar-refractivity contribution in [1.29, 1.82) is 0 Å². The molecule has 0 spiro atoms. The number of esters is 2. The molecule has 0 aliphatic carbocycles. The van der Waals surface area contributed by atoms with Gasteiger partial charge in [0.2, 0.25) is 0 Å². The summed E-state index contributed by atoms with van der Waals surface area (Å²) in [6.07, 6.45) is 67.4. The molecule has 1 atom stereocenters. The maximum absolute atomic E-state index is 12.3. The van der Waals surface area contributed by atoms with Gasteiger partial charge in [-0.15, -0.1) is 0 Å². The summed E-state index contributed by atoms with van der Waals surface area (Å²) in [5.74, 6) is -0.594. The summed E-state index contributed by atoms with van der Waals surface area (Å²) in [6.45, 7) is 4.04. The van der Waals surface area contributed by atoms with Gasteiger partial charge >= 0.3 is 11.9 Å². The molecule has 5 nitrogen and oxygen atoms in total. The van der Waals surface area contributed by atoms with E-state index in [0.29, 0.717) is 12.8 Å². The van der Waals surface area contributed by atoms with Crippen molar-refractivity contribution in [2.75, 3.05) is 13.2 Å². The average Bonchev–Trinajstić information content (AvgIpc) is 3.25. The molecule has 0 saturated carbocycles. The van der Waals surface area contributed by atoms with Crippen LogP contribution in [0, 0.1) is 0 Å². The number of aliphatic hydroxyl groups is 1. The van der Waals surface area contributed by atoms with Gasteiger partial charge in [-0.1, -0.05) is 229 Å². The maximum atomic E-state index is 12.3. The Kier molecular flexibility index (Phi) is 48.9. The van der Waals surface area contributed by atoms with Crippen LogP contribution in [-0.4, -0.2) is 36.4 Å². The normalized spacial score (nSPS) is 12.7. The van der Waals surface area contributed by atoms with Crippen molar-refractivity contribution in [3.8, 4) is 0 Å². The molecule has 5 heteroatoms. The summed E-state index contributed by atoms with van der Waals surface area (Å²) in [5, 5.41) is 9.63. The third kappa shape index (κ3) is 48.3. The van der Waals surface area contributed by atoms with Crippen molar-refractivity contribution in [2.24, 2.45) is 0 Å². The summed E-state index contributed by atoms with van der Waals surface area (Å²) in [7, 11) is 0. The van der Waals surface area contributed by atoms with Crippen LogP contribution < -0.4 is 0 Å². The van der Waals surface area contributed by atoms with E-state index in [-0.39, 0.29) is 25.2 Å². The van der Waals surface area contributed by atoms with E-state index in [4.69, 9.17) is 9.47 Å². The predicted octanol–water partition coefficient (Wildman–Crippen LogP) is 17.1. The molecule has 0 bridgehead atoms. The SMILES string of the molecule is CC/C=C\C/C=C\C/C=C\C/C=C\CCCCCCCCCCC(=O)OC(CO)COC(=O)CCCCCCCCCCCCCCC/C=C\CCCCCCCCCC. The van der Waals surface area contributed by atoms with E-state index in [2.05, 4.69) is 74.6 Å². The van der Waals surface area contributed by atoms with Crippen molar-refractivity contribution in [2.45, 2.75) is 264 Å². The number of allylic oxidation sites excluding steroid dienone is 10. The van der Waals surface area contributed by atoms with Gasteiger partial charge in [-0.3, -0.25) is 9.59 Å². The molecule has 0 fully saturated rings. The average molecular weight is 839 g/mol. The first-order valence-corrected chi connectivity index (χ1v) is 25.8. The molecule has 0 aromatic heterocycles. The smallest absolute Gasteiger partial charge is 0.306 e. The van der Waals surface area contributed by atoms with E-state index < -0.39 is 6.10 Å². The van der Waals surface area contributed by atoms with E-state index >= 15 is 0 Å². The fraction of sp³-hybridized carbons (Fsp3) is 0.782. The van der Waals surface area contributed by atoms with Gasteiger partial charge in [-0.25, -0.2) is 0 Å². The van der Waals surface area contributed by atoms with Gasteiger partial charge in [-0.2, -0.15) is 0 Å². The topological polar surface area (TPSA) is 72.8 Å². The Morgan fingerprint density at radius 3 is 1.10 bits per heavy atom. The molecule has 0 amide bonds. The quantitative estimate of drug-likeness (QED) is 0.0375. The lowest BCUT2D eigenvalue weighted by Crippen LogP contribution is -2.28. The standard InChI is InChI=1S/C55H98O5/c1-3-5-7-9-11-13-15-17-19-21-23-25-26-27-28-30-31-33-35-37-39-41-43-45-47-49-54(57)59-52-53(51-56)60-55(58)50-48-46-44-42-40-38-36-34-32-29-24-22-20-18-16-14-12-10-8-6-4-2/h6,8,12,14,18,20-21,23-24,29,53,56H,3-5,7,9-11,13,15-17,19,22,25-28,30-52H2,1-2H3/b8-6-,14-12-,20-18-,23-21-,29-24-. The molecule has 1 unspecified atom stereocenters. The summed E-state index contributed by atoms with van der Waals surface area (Å²) in [6, 6.07) is 0. The van der Waals surface area contributed by atoms with Crippen molar-refractivity contribution >= 4 is 11.9 Å². The van der Waals surface area contributed by atoms with Crippen LogP contribution in [0.4, 0.5) is 0 Å². The summed E-state index contributed by atoms with van der Waals surface area (Å²) in [5.41, 5.74) is 0. The zero-order valence-corrected chi connectivity index (χ0v) is 39.7. The predicted molar refractivity (Wildman–Crippen MR) is 260 cm³/mol. The number of aliphatic hydroxyl groups excluding tert-OH is 1. The van der Waals surface area contributed by atoms with Crippen molar-refractivity contribution in [3.63, 3.8) is 0 Å². The molecule has 60 heavy (non-hydrogen) atoms. The Bertz CT molecular complexity index is 1040. The lowest BCUT2D eigenvalue weighted by Gasteiger charge is -2.15. The van der Waals surface area contributed by atoms with Gasteiger partial charge in [0.15, 0.2) is 6.10 Å². The Balaban J connectivity index is 3.50. The third-order valence-corrected chi connectivity index (χ3v) is 11.3. The van der Waals surface area contributed by atoms with Gasteiger partial charge in [0.25, 0.3) is 0 Å². The molecular formula is C55H98O5. The minimum Gasteiger partial charge on any atom is -0.462 e. The minimum atomic E-state index is -0.778. The Hall–Kier alpha value is -2.40. The molecule has 0 aromatic rings. The van der Waals surface area contributed by atoms with Crippen LogP contribution in [0.2, 0.25) is 0 Å². The van der Waals surface area contributed by atoms with Crippen LogP contribution in [0.15, 0.2) is 60.8 Å². The fourth-order valence-electron chi connectivity index (χ4n) is 7.42. The van der Waals surface area contributed by atoms with Crippen molar-refractivity contribution < 1.29 is 24.2 Å². The molecule has 0 aliphatic heterocycles. The number of rotatable bonds is 47.